The van der Waals surface area contributed by atoms with Crippen molar-refractivity contribution >= 4 is 11.8 Å². The zero-order chi connectivity index (χ0) is 10.8. The highest BCUT2D eigenvalue weighted by Gasteiger charge is 2.45. The Hall–Kier alpha value is 0.270. The molecule has 0 bridgehead atoms. The predicted molar refractivity (Wildman–Crippen MR) is 61.8 cm³/mol. The van der Waals surface area contributed by atoms with E-state index >= 15 is 0 Å². The fraction of sp³-hybridized carbons (Fsp3) is 1.00. The lowest BCUT2D eigenvalue weighted by Gasteiger charge is -2.26. The van der Waals surface area contributed by atoms with Gasteiger partial charge in [-0.15, -0.1) is 0 Å². The van der Waals surface area contributed by atoms with E-state index in [0.29, 0.717) is 11.9 Å². The number of aliphatic hydroxyl groups excluding tert-OH is 1. The highest BCUT2D eigenvalue weighted by Crippen LogP contribution is 2.43. The third-order valence-corrected chi connectivity index (χ3v) is 4.27. The number of rotatable bonds is 4. The summed E-state index contributed by atoms with van der Waals surface area (Å²) in [5, 5.41) is 9.29. The molecule has 0 amide bonds. The lowest BCUT2D eigenvalue weighted by Crippen LogP contribution is -2.31. The van der Waals surface area contributed by atoms with Gasteiger partial charge in [-0.2, -0.15) is 11.8 Å². The molecular formula is C11H22O2S. The lowest BCUT2D eigenvalue weighted by molar-refractivity contribution is -0.0631. The van der Waals surface area contributed by atoms with Gasteiger partial charge in [0.25, 0.3) is 0 Å². The van der Waals surface area contributed by atoms with Crippen molar-refractivity contribution in [3.8, 4) is 0 Å². The normalized spacial score (nSPS) is 29.4. The van der Waals surface area contributed by atoms with Crippen LogP contribution in [0.5, 0.6) is 0 Å². The number of aliphatic hydroxyl groups is 1. The van der Waals surface area contributed by atoms with Crippen molar-refractivity contribution < 1.29 is 9.84 Å². The molecular weight excluding hydrogens is 196 g/mol. The summed E-state index contributed by atoms with van der Waals surface area (Å²) >= 11 is 1.93. The maximum Gasteiger partial charge on any atom is 0.0752 e. The van der Waals surface area contributed by atoms with Crippen molar-refractivity contribution in [2.24, 2.45) is 0 Å². The van der Waals surface area contributed by atoms with Crippen LogP contribution in [0.2, 0.25) is 0 Å². The van der Waals surface area contributed by atoms with Crippen LogP contribution >= 0.6 is 11.8 Å². The van der Waals surface area contributed by atoms with E-state index in [2.05, 4.69) is 27.7 Å². The van der Waals surface area contributed by atoms with Crippen LogP contribution in [0.15, 0.2) is 0 Å². The van der Waals surface area contributed by atoms with E-state index in [1.165, 1.54) is 0 Å². The van der Waals surface area contributed by atoms with Crippen molar-refractivity contribution in [2.45, 2.75) is 57.0 Å². The maximum absolute atomic E-state index is 8.73. The molecule has 0 aromatic rings. The maximum atomic E-state index is 8.73. The number of hydrogen-bond acceptors (Lipinski definition) is 3. The summed E-state index contributed by atoms with van der Waals surface area (Å²) in [5.74, 6) is 1.03. The van der Waals surface area contributed by atoms with Gasteiger partial charge in [0.05, 0.1) is 11.2 Å². The van der Waals surface area contributed by atoms with Crippen LogP contribution in [-0.4, -0.2) is 33.9 Å². The molecule has 1 heterocycles. The van der Waals surface area contributed by atoms with E-state index in [1.54, 1.807) is 0 Å². The molecule has 0 spiro atoms. The molecule has 0 aliphatic carbocycles. The van der Waals surface area contributed by atoms with Gasteiger partial charge in [-0.1, -0.05) is 0 Å². The summed E-state index contributed by atoms with van der Waals surface area (Å²) in [5.41, 5.74) is -0.00992. The van der Waals surface area contributed by atoms with Crippen molar-refractivity contribution in [1.29, 1.82) is 0 Å². The summed E-state index contributed by atoms with van der Waals surface area (Å²) in [4.78, 5) is 0. The highest BCUT2D eigenvalue weighted by molar-refractivity contribution is 8.00. The van der Waals surface area contributed by atoms with Gasteiger partial charge in [0.15, 0.2) is 0 Å². The third-order valence-electron chi connectivity index (χ3n) is 2.61. The molecule has 1 saturated heterocycles. The number of ether oxygens (including phenoxy) is 1. The van der Waals surface area contributed by atoms with Crippen molar-refractivity contribution in [2.75, 3.05) is 12.4 Å². The first kappa shape index (κ1) is 12.3. The molecule has 1 rings (SSSR count). The summed E-state index contributed by atoms with van der Waals surface area (Å²) in [6.07, 6.45) is 1.99. The summed E-state index contributed by atoms with van der Waals surface area (Å²) in [6.45, 7) is 8.93. The fourth-order valence-corrected chi connectivity index (χ4v) is 3.61. The fourth-order valence-electron chi connectivity index (χ4n) is 2.06. The first-order valence-corrected chi connectivity index (χ1v) is 6.35. The summed E-state index contributed by atoms with van der Waals surface area (Å²) < 4.78 is 6.00. The molecule has 1 aliphatic heterocycles. The minimum atomic E-state index is -0.0242. The zero-order valence-electron chi connectivity index (χ0n) is 9.67. The van der Waals surface area contributed by atoms with E-state index in [-0.39, 0.29) is 11.2 Å². The average molecular weight is 218 g/mol. The smallest absolute Gasteiger partial charge is 0.0752 e. The first-order valence-electron chi connectivity index (χ1n) is 5.30. The SMILES string of the molecule is CC1(C)CC(SCCCO)C(C)(C)O1. The molecule has 14 heavy (non-hydrogen) atoms. The standard InChI is InChI=1S/C11H22O2S/c1-10(2)8-9(11(3,4)13-10)14-7-5-6-12/h9,12H,5-8H2,1-4H3. The average Bonchev–Trinajstić information content (AvgIpc) is 2.20. The van der Waals surface area contributed by atoms with Gasteiger partial charge in [0.2, 0.25) is 0 Å². The van der Waals surface area contributed by atoms with Crippen LogP contribution in [0, 0.1) is 0 Å². The molecule has 1 aliphatic rings. The molecule has 0 aromatic heterocycles. The van der Waals surface area contributed by atoms with Gasteiger partial charge in [-0.3, -0.25) is 0 Å². The Bertz CT molecular complexity index is 190. The third kappa shape index (κ3) is 3.14. The topological polar surface area (TPSA) is 29.5 Å². The van der Waals surface area contributed by atoms with Crippen molar-refractivity contribution in [3.05, 3.63) is 0 Å². The molecule has 0 aromatic carbocycles. The molecule has 1 atom stereocenters. The van der Waals surface area contributed by atoms with Gasteiger partial charge in [-0.25, -0.2) is 0 Å². The second-order valence-electron chi connectivity index (χ2n) is 5.11. The van der Waals surface area contributed by atoms with Crippen LogP contribution < -0.4 is 0 Å². The van der Waals surface area contributed by atoms with Gasteiger partial charge >= 0.3 is 0 Å². The Labute approximate surface area is 91.4 Å². The lowest BCUT2D eigenvalue weighted by atomic mass is 10.0. The quantitative estimate of drug-likeness (QED) is 0.735. The van der Waals surface area contributed by atoms with Gasteiger partial charge < -0.3 is 9.84 Å². The molecule has 0 radical (unpaired) electrons. The zero-order valence-corrected chi connectivity index (χ0v) is 10.5. The largest absolute Gasteiger partial charge is 0.396 e. The van der Waals surface area contributed by atoms with Crippen LogP contribution in [0.4, 0.5) is 0 Å². The Kier molecular flexibility index (Phi) is 3.89. The van der Waals surface area contributed by atoms with Crippen LogP contribution in [0.1, 0.15) is 40.5 Å². The molecule has 84 valence electrons. The Balaban J connectivity index is 2.44. The molecule has 0 saturated carbocycles. The molecule has 1 N–H and O–H groups in total. The second-order valence-corrected chi connectivity index (χ2v) is 6.42. The number of hydrogen-bond donors (Lipinski definition) is 1. The Morgan fingerprint density at radius 3 is 2.43 bits per heavy atom. The molecule has 3 heteroatoms. The van der Waals surface area contributed by atoms with E-state index in [4.69, 9.17) is 9.84 Å². The molecule has 1 unspecified atom stereocenters. The van der Waals surface area contributed by atoms with Gasteiger partial charge in [0, 0.05) is 11.9 Å². The van der Waals surface area contributed by atoms with E-state index in [0.717, 1.165) is 18.6 Å². The Morgan fingerprint density at radius 2 is 2.00 bits per heavy atom. The van der Waals surface area contributed by atoms with E-state index in [1.807, 2.05) is 11.8 Å². The van der Waals surface area contributed by atoms with Crippen LogP contribution in [0.25, 0.3) is 0 Å². The summed E-state index contributed by atoms with van der Waals surface area (Å²) in [6, 6.07) is 0. The van der Waals surface area contributed by atoms with Gasteiger partial charge in [-0.05, 0) is 46.3 Å². The van der Waals surface area contributed by atoms with E-state index in [9.17, 15) is 0 Å². The monoisotopic (exact) mass is 218 g/mol. The molecule has 1 fully saturated rings. The Morgan fingerprint density at radius 1 is 1.36 bits per heavy atom. The minimum absolute atomic E-state index is 0.0143. The van der Waals surface area contributed by atoms with E-state index < -0.39 is 0 Å². The van der Waals surface area contributed by atoms with Gasteiger partial charge in [0.1, 0.15) is 0 Å². The van der Waals surface area contributed by atoms with Crippen molar-refractivity contribution in [1.82, 2.24) is 0 Å². The highest BCUT2D eigenvalue weighted by atomic mass is 32.2. The summed E-state index contributed by atoms with van der Waals surface area (Å²) in [7, 11) is 0. The molecule has 2 nitrogen and oxygen atoms in total. The first-order chi connectivity index (χ1) is 6.37. The second kappa shape index (κ2) is 4.42. The van der Waals surface area contributed by atoms with Crippen LogP contribution in [0.3, 0.4) is 0 Å². The minimum Gasteiger partial charge on any atom is -0.396 e. The van der Waals surface area contributed by atoms with Crippen LogP contribution in [-0.2, 0) is 4.74 Å². The number of thioether (sulfide) groups is 1. The van der Waals surface area contributed by atoms with Crippen molar-refractivity contribution in [3.63, 3.8) is 0 Å². The predicted octanol–water partition coefficient (Wildman–Crippen LogP) is 2.45.